The maximum absolute atomic E-state index is 12.5. The number of nitrogens with zero attached hydrogens (tertiary/aromatic N) is 1. The summed E-state index contributed by atoms with van der Waals surface area (Å²) in [7, 11) is 0. The van der Waals surface area contributed by atoms with Crippen molar-refractivity contribution in [3.63, 3.8) is 0 Å². The van der Waals surface area contributed by atoms with Crippen molar-refractivity contribution >= 4 is 11.6 Å². The van der Waals surface area contributed by atoms with Gasteiger partial charge in [0.2, 0.25) is 0 Å². The number of carbonyl (C=O) groups excluding carboxylic acids is 1. The molecule has 96 valence electrons. The predicted octanol–water partition coefficient (Wildman–Crippen LogP) is 1.97. The van der Waals surface area contributed by atoms with Crippen LogP contribution >= 0.6 is 0 Å². The first-order valence-electron chi connectivity index (χ1n) is 6.27. The molecule has 4 heteroatoms. The highest BCUT2D eigenvalue weighted by Crippen LogP contribution is 2.32. The summed E-state index contributed by atoms with van der Waals surface area (Å²) in [5.74, 6) is -0.237. The standard InChI is InChI=1S/C15H14N2O2/c1-10-8-11-4-2-3-5-13(11)17(10)15(19)12-9-16-7-6-14(12)18/h2-7,9-10H,8H2,1H3,(H,16,18). The number of rotatable bonds is 1. The van der Waals surface area contributed by atoms with Gasteiger partial charge in [0.15, 0.2) is 5.43 Å². The minimum absolute atomic E-state index is 0.0736. The molecule has 19 heavy (non-hydrogen) atoms. The Bertz CT molecular complexity index is 690. The SMILES string of the molecule is CC1Cc2ccccc2N1C(=O)c1c[nH]ccc1=O. The van der Waals surface area contributed by atoms with E-state index in [0.717, 1.165) is 17.7 Å². The Morgan fingerprint density at radius 2 is 2.11 bits per heavy atom. The van der Waals surface area contributed by atoms with E-state index >= 15 is 0 Å². The summed E-state index contributed by atoms with van der Waals surface area (Å²) in [6, 6.07) is 9.27. The molecule has 1 amide bonds. The third-order valence-electron chi connectivity index (χ3n) is 3.48. The van der Waals surface area contributed by atoms with Crippen LogP contribution in [0.25, 0.3) is 0 Å². The average Bonchev–Trinajstić information content (AvgIpc) is 2.74. The molecule has 1 unspecified atom stereocenters. The Labute approximate surface area is 110 Å². The van der Waals surface area contributed by atoms with Crippen LogP contribution in [0.1, 0.15) is 22.8 Å². The number of amides is 1. The third-order valence-corrected chi connectivity index (χ3v) is 3.48. The van der Waals surface area contributed by atoms with Gasteiger partial charge in [-0.2, -0.15) is 0 Å². The molecule has 1 aliphatic heterocycles. The van der Waals surface area contributed by atoms with Crippen LogP contribution in [0.3, 0.4) is 0 Å². The lowest BCUT2D eigenvalue weighted by Gasteiger charge is -2.22. The summed E-state index contributed by atoms with van der Waals surface area (Å²) in [6.45, 7) is 2.00. The first kappa shape index (κ1) is 11.7. The number of pyridine rings is 1. The van der Waals surface area contributed by atoms with Crippen LogP contribution in [0.5, 0.6) is 0 Å². The topological polar surface area (TPSA) is 53.2 Å². The van der Waals surface area contributed by atoms with Crippen molar-refractivity contribution < 1.29 is 4.79 Å². The van der Waals surface area contributed by atoms with Crippen molar-refractivity contribution in [1.82, 2.24) is 4.98 Å². The zero-order chi connectivity index (χ0) is 13.4. The molecular weight excluding hydrogens is 240 g/mol. The van der Waals surface area contributed by atoms with Crippen LogP contribution in [0.15, 0.2) is 47.5 Å². The van der Waals surface area contributed by atoms with Crippen molar-refractivity contribution in [3.05, 3.63) is 64.1 Å². The number of anilines is 1. The van der Waals surface area contributed by atoms with Crippen LogP contribution in [-0.2, 0) is 6.42 Å². The van der Waals surface area contributed by atoms with Gasteiger partial charge in [0.25, 0.3) is 5.91 Å². The molecule has 3 rings (SSSR count). The lowest BCUT2D eigenvalue weighted by Crippen LogP contribution is -2.38. The van der Waals surface area contributed by atoms with E-state index in [1.165, 1.54) is 18.5 Å². The zero-order valence-electron chi connectivity index (χ0n) is 10.6. The van der Waals surface area contributed by atoms with E-state index in [9.17, 15) is 9.59 Å². The smallest absolute Gasteiger partial charge is 0.264 e. The highest BCUT2D eigenvalue weighted by atomic mass is 16.2. The molecule has 1 aromatic heterocycles. The minimum atomic E-state index is -0.250. The van der Waals surface area contributed by atoms with Gasteiger partial charge in [0.1, 0.15) is 5.56 Å². The van der Waals surface area contributed by atoms with Crippen molar-refractivity contribution in [3.8, 4) is 0 Å². The highest BCUT2D eigenvalue weighted by molar-refractivity contribution is 6.07. The summed E-state index contributed by atoms with van der Waals surface area (Å²) in [5, 5.41) is 0. The maximum Gasteiger partial charge on any atom is 0.264 e. The predicted molar refractivity (Wildman–Crippen MR) is 73.5 cm³/mol. The van der Waals surface area contributed by atoms with Gasteiger partial charge in [-0.15, -0.1) is 0 Å². The molecule has 1 N–H and O–H groups in total. The molecule has 0 aliphatic carbocycles. The molecular formula is C15H14N2O2. The normalized spacial score (nSPS) is 17.3. The summed E-state index contributed by atoms with van der Waals surface area (Å²) in [6.07, 6.45) is 3.82. The Balaban J connectivity index is 2.06. The van der Waals surface area contributed by atoms with E-state index in [4.69, 9.17) is 0 Å². The number of fused-ring (bicyclic) bond motifs is 1. The molecule has 1 aliphatic rings. The number of para-hydroxylation sites is 1. The number of hydrogen-bond acceptors (Lipinski definition) is 2. The molecule has 0 spiro atoms. The average molecular weight is 254 g/mol. The second kappa shape index (κ2) is 4.39. The fraction of sp³-hybridized carbons (Fsp3) is 0.200. The van der Waals surface area contributed by atoms with Crippen LogP contribution in [0.2, 0.25) is 0 Å². The fourth-order valence-electron chi connectivity index (χ4n) is 2.59. The number of benzene rings is 1. The molecule has 0 saturated heterocycles. The van der Waals surface area contributed by atoms with Gasteiger partial charge in [0.05, 0.1) is 0 Å². The Hall–Kier alpha value is -2.36. The molecule has 4 nitrogen and oxygen atoms in total. The number of H-pyrrole nitrogens is 1. The summed E-state index contributed by atoms with van der Waals surface area (Å²) < 4.78 is 0. The van der Waals surface area contributed by atoms with Gasteiger partial charge in [-0.25, -0.2) is 0 Å². The molecule has 2 aromatic rings. The minimum Gasteiger partial charge on any atom is -0.367 e. The number of aromatic nitrogens is 1. The first-order valence-corrected chi connectivity index (χ1v) is 6.27. The van der Waals surface area contributed by atoms with Gasteiger partial charge in [-0.1, -0.05) is 18.2 Å². The van der Waals surface area contributed by atoms with Crippen molar-refractivity contribution in [1.29, 1.82) is 0 Å². The Morgan fingerprint density at radius 3 is 2.89 bits per heavy atom. The third kappa shape index (κ3) is 1.85. The highest BCUT2D eigenvalue weighted by Gasteiger charge is 2.31. The van der Waals surface area contributed by atoms with E-state index in [2.05, 4.69) is 4.98 Å². The number of nitrogens with one attached hydrogen (secondary N) is 1. The van der Waals surface area contributed by atoms with Gasteiger partial charge in [0, 0.05) is 30.2 Å². The fourth-order valence-corrected chi connectivity index (χ4v) is 2.59. The van der Waals surface area contributed by atoms with E-state index < -0.39 is 0 Å². The lowest BCUT2D eigenvalue weighted by molar-refractivity contribution is 0.0980. The van der Waals surface area contributed by atoms with E-state index in [1.54, 1.807) is 4.90 Å². The van der Waals surface area contributed by atoms with Crippen LogP contribution in [-0.4, -0.2) is 16.9 Å². The number of carbonyl (C=O) groups is 1. The Kier molecular flexibility index (Phi) is 2.71. The summed E-state index contributed by atoms with van der Waals surface area (Å²) in [5.41, 5.74) is 1.99. The van der Waals surface area contributed by atoms with Crippen molar-refractivity contribution in [2.24, 2.45) is 0 Å². The first-order chi connectivity index (χ1) is 9.18. The summed E-state index contributed by atoms with van der Waals surface area (Å²) >= 11 is 0. The number of hydrogen-bond donors (Lipinski definition) is 1. The van der Waals surface area contributed by atoms with E-state index in [1.807, 2.05) is 31.2 Å². The lowest BCUT2D eigenvalue weighted by atomic mass is 10.1. The van der Waals surface area contributed by atoms with Crippen molar-refractivity contribution in [2.75, 3.05) is 4.90 Å². The van der Waals surface area contributed by atoms with Crippen LogP contribution in [0.4, 0.5) is 5.69 Å². The van der Waals surface area contributed by atoms with Crippen molar-refractivity contribution in [2.45, 2.75) is 19.4 Å². The quantitative estimate of drug-likeness (QED) is 0.845. The molecule has 0 fully saturated rings. The molecule has 0 radical (unpaired) electrons. The van der Waals surface area contributed by atoms with Gasteiger partial charge < -0.3 is 9.88 Å². The van der Waals surface area contributed by atoms with Crippen LogP contribution in [0, 0.1) is 0 Å². The largest absolute Gasteiger partial charge is 0.367 e. The van der Waals surface area contributed by atoms with Gasteiger partial charge in [-0.05, 0) is 25.0 Å². The number of aromatic amines is 1. The second-order valence-corrected chi connectivity index (χ2v) is 4.78. The zero-order valence-corrected chi connectivity index (χ0v) is 10.6. The van der Waals surface area contributed by atoms with Gasteiger partial charge >= 0.3 is 0 Å². The molecule has 0 bridgehead atoms. The van der Waals surface area contributed by atoms with Crippen LogP contribution < -0.4 is 10.3 Å². The van der Waals surface area contributed by atoms with E-state index in [0.29, 0.717) is 0 Å². The van der Waals surface area contributed by atoms with Gasteiger partial charge in [-0.3, -0.25) is 9.59 Å². The molecule has 0 saturated carbocycles. The molecule has 2 heterocycles. The Morgan fingerprint density at radius 1 is 1.32 bits per heavy atom. The monoisotopic (exact) mass is 254 g/mol. The summed E-state index contributed by atoms with van der Waals surface area (Å²) in [4.78, 5) is 28.8. The molecule has 1 atom stereocenters. The second-order valence-electron chi connectivity index (χ2n) is 4.78. The molecule has 1 aromatic carbocycles. The maximum atomic E-state index is 12.5. The van der Waals surface area contributed by atoms with E-state index in [-0.39, 0.29) is 22.9 Å².